The van der Waals surface area contributed by atoms with Crippen molar-refractivity contribution in [1.82, 2.24) is 15.3 Å². The minimum atomic E-state index is -0.430. The molecule has 1 saturated heterocycles. The lowest BCUT2D eigenvalue weighted by Crippen LogP contribution is -2.47. The highest BCUT2D eigenvalue weighted by molar-refractivity contribution is 6.01. The average Bonchev–Trinajstić information content (AvgIpc) is 2.39. The van der Waals surface area contributed by atoms with Crippen LogP contribution in [-0.4, -0.2) is 34.4 Å². The Hall–Kier alpha value is -2.18. The predicted octanol–water partition coefficient (Wildman–Crippen LogP) is 0.824. The Labute approximate surface area is 117 Å². The number of piperidine rings is 1. The van der Waals surface area contributed by atoms with Crippen molar-refractivity contribution in [1.29, 1.82) is 0 Å². The lowest BCUT2D eigenvalue weighted by atomic mass is 10.1. The number of carbonyl (C=O) groups excluding carboxylic acids is 2. The summed E-state index contributed by atoms with van der Waals surface area (Å²) in [5.74, 6) is 0.602. The molecule has 0 radical (unpaired) electrons. The van der Waals surface area contributed by atoms with Gasteiger partial charge in [-0.15, -0.1) is 0 Å². The molecular weight excluding hydrogens is 258 g/mol. The van der Waals surface area contributed by atoms with Gasteiger partial charge in [0.1, 0.15) is 11.9 Å². The lowest BCUT2D eigenvalue weighted by Gasteiger charge is -2.22. The normalized spacial score (nSPS) is 18.6. The van der Waals surface area contributed by atoms with Crippen LogP contribution in [0.15, 0.2) is 6.07 Å². The van der Waals surface area contributed by atoms with Gasteiger partial charge >= 0.3 is 0 Å². The van der Waals surface area contributed by atoms with E-state index in [0.29, 0.717) is 24.6 Å². The first-order valence-corrected chi connectivity index (χ1v) is 6.78. The Balaban J connectivity index is 2.06. The van der Waals surface area contributed by atoms with Gasteiger partial charge < -0.3 is 10.6 Å². The smallest absolute Gasteiger partial charge is 0.249 e. The molecule has 2 heterocycles. The lowest BCUT2D eigenvalue weighted by molar-refractivity contribution is -0.133. The molecule has 0 saturated carbocycles. The number of hydrogen-bond acceptors (Lipinski definition) is 6. The molecule has 0 bridgehead atoms. The molecular formula is C13H19N5O2. The van der Waals surface area contributed by atoms with Gasteiger partial charge in [0.2, 0.25) is 17.8 Å². The molecule has 1 aromatic heterocycles. The summed E-state index contributed by atoms with van der Waals surface area (Å²) in [4.78, 5) is 31.4. The molecule has 0 aliphatic carbocycles. The number of nitrogens with one attached hydrogen (secondary N) is 3. The number of carbonyl (C=O) groups is 2. The number of aromatic nitrogens is 2. The molecule has 0 aromatic carbocycles. The number of hydrogen-bond donors (Lipinski definition) is 3. The van der Waals surface area contributed by atoms with Crippen molar-refractivity contribution in [2.45, 2.75) is 39.2 Å². The van der Waals surface area contributed by atoms with Gasteiger partial charge in [-0.2, -0.15) is 4.98 Å². The zero-order chi connectivity index (χ0) is 14.5. The Bertz CT molecular complexity index is 517. The van der Waals surface area contributed by atoms with E-state index in [-0.39, 0.29) is 11.8 Å². The van der Waals surface area contributed by atoms with Gasteiger partial charge in [0, 0.05) is 24.7 Å². The van der Waals surface area contributed by atoms with E-state index >= 15 is 0 Å². The van der Waals surface area contributed by atoms with E-state index in [1.54, 1.807) is 6.07 Å². The van der Waals surface area contributed by atoms with Crippen molar-refractivity contribution in [3.8, 4) is 0 Å². The Morgan fingerprint density at radius 2 is 2.20 bits per heavy atom. The highest BCUT2D eigenvalue weighted by Gasteiger charge is 2.26. The van der Waals surface area contributed by atoms with Crippen LogP contribution in [0.2, 0.25) is 0 Å². The highest BCUT2D eigenvalue weighted by atomic mass is 16.2. The fourth-order valence-electron chi connectivity index (χ4n) is 1.97. The van der Waals surface area contributed by atoms with Crippen molar-refractivity contribution in [3.05, 3.63) is 11.8 Å². The van der Waals surface area contributed by atoms with Crippen LogP contribution >= 0.6 is 0 Å². The van der Waals surface area contributed by atoms with Crippen LogP contribution in [0.25, 0.3) is 0 Å². The summed E-state index contributed by atoms with van der Waals surface area (Å²) >= 11 is 0. The molecule has 2 amide bonds. The van der Waals surface area contributed by atoms with Crippen LogP contribution in [0, 0.1) is 6.92 Å². The first kappa shape index (κ1) is 14.2. The van der Waals surface area contributed by atoms with E-state index in [0.717, 1.165) is 18.7 Å². The molecule has 0 spiro atoms. The number of amides is 2. The van der Waals surface area contributed by atoms with Crippen LogP contribution in [0.4, 0.5) is 11.8 Å². The Kier molecular flexibility index (Phi) is 4.49. The molecule has 7 heteroatoms. The predicted molar refractivity (Wildman–Crippen MR) is 75.3 cm³/mol. The fourth-order valence-corrected chi connectivity index (χ4v) is 1.97. The van der Waals surface area contributed by atoms with Gasteiger partial charge in [-0.25, -0.2) is 4.98 Å². The minimum absolute atomic E-state index is 0.225. The Morgan fingerprint density at radius 3 is 2.90 bits per heavy atom. The molecule has 1 unspecified atom stereocenters. The van der Waals surface area contributed by atoms with Crippen molar-refractivity contribution >= 4 is 23.6 Å². The average molecular weight is 277 g/mol. The van der Waals surface area contributed by atoms with Crippen LogP contribution in [0.5, 0.6) is 0 Å². The summed E-state index contributed by atoms with van der Waals surface area (Å²) in [6.45, 7) is 4.72. The number of rotatable bonds is 5. The zero-order valence-electron chi connectivity index (χ0n) is 11.7. The third-order valence-electron chi connectivity index (χ3n) is 2.95. The molecule has 1 fully saturated rings. The number of aryl methyl sites for hydroxylation is 1. The van der Waals surface area contributed by atoms with E-state index in [9.17, 15) is 9.59 Å². The van der Waals surface area contributed by atoms with Crippen LogP contribution in [0.3, 0.4) is 0 Å². The summed E-state index contributed by atoms with van der Waals surface area (Å²) < 4.78 is 0. The Morgan fingerprint density at radius 1 is 1.40 bits per heavy atom. The zero-order valence-corrected chi connectivity index (χ0v) is 11.7. The van der Waals surface area contributed by atoms with Crippen molar-refractivity contribution < 1.29 is 9.59 Å². The first-order valence-electron chi connectivity index (χ1n) is 6.78. The molecule has 7 nitrogen and oxygen atoms in total. The largest absolute Gasteiger partial charge is 0.358 e. The van der Waals surface area contributed by atoms with E-state index < -0.39 is 6.04 Å². The van der Waals surface area contributed by atoms with Gasteiger partial charge in [-0.1, -0.05) is 6.92 Å². The van der Waals surface area contributed by atoms with E-state index in [4.69, 9.17) is 0 Å². The molecule has 1 aliphatic rings. The molecule has 1 aromatic rings. The van der Waals surface area contributed by atoms with Gasteiger partial charge in [-0.3, -0.25) is 14.9 Å². The third kappa shape index (κ3) is 3.66. The molecule has 1 aliphatic heterocycles. The molecule has 1 atom stereocenters. The minimum Gasteiger partial charge on any atom is -0.358 e. The van der Waals surface area contributed by atoms with Crippen molar-refractivity contribution in [2.75, 3.05) is 17.2 Å². The van der Waals surface area contributed by atoms with Crippen molar-refractivity contribution in [2.24, 2.45) is 0 Å². The standard InChI is InChI=1S/C13H19N5O2/c1-3-6-14-13-15-8(2)7-10(17-13)16-9-4-5-11(19)18-12(9)20/h7,9H,3-6H2,1-2H3,(H,18,19,20)(H2,14,15,16,17). The summed E-state index contributed by atoms with van der Waals surface area (Å²) in [6.07, 6.45) is 1.80. The summed E-state index contributed by atoms with van der Waals surface area (Å²) in [6, 6.07) is 1.35. The topological polar surface area (TPSA) is 96.0 Å². The molecule has 20 heavy (non-hydrogen) atoms. The number of imide groups is 1. The second-order valence-corrected chi connectivity index (χ2v) is 4.79. The summed E-state index contributed by atoms with van der Waals surface area (Å²) in [5.41, 5.74) is 0.813. The number of nitrogens with zero attached hydrogens (tertiary/aromatic N) is 2. The second kappa shape index (κ2) is 6.31. The second-order valence-electron chi connectivity index (χ2n) is 4.79. The SMILES string of the molecule is CCCNc1nc(C)cc(NC2CCC(=O)NC2=O)n1. The van der Waals surface area contributed by atoms with Gasteiger partial charge in [-0.05, 0) is 19.8 Å². The van der Waals surface area contributed by atoms with Crippen LogP contribution in [0.1, 0.15) is 31.9 Å². The van der Waals surface area contributed by atoms with Crippen LogP contribution < -0.4 is 16.0 Å². The van der Waals surface area contributed by atoms with Gasteiger partial charge in [0.25, 0.3) is 0 Å². The molecule has 2 rings (SSSR count). The van der Waals surface area contributed by atoms with Crippen molar-refractivity contribution in [3.63, 3.8) is 0 Å². The molecule has 108 valence electrons. The maximum Gasteiger partial charge on any atom is 0.249 e. The van der Waals surface area contributed by atoms with E-state index in [1.165, 1.54) is 0 Å². The maximum absolute atomic E-state index is 11.7. The van der Waals surface area contributed by atoms with Crippen LogP contribution in [-0.2, 0) is 9.59 Å². The highest BCUT2D eigenvalue weighted by Crippen LogP contribution is 2.14. The molecule has 3 N–H and O–H groups in total. The first-order chi connectivity index (χ1) is 9.58. The van der Waals surface area contributed by atoms with Gasteiger partial charge in [0.05, 0.1) is 0 Å². The van der Waals surface area contributed by atoms with E-state index in [2.05, 4.69) is 32.8 Å². The monoisotopic (exact) mass is 277 g/mol. The quantitative estimate of drug-likeness (QED) is 0.690. The number of anilines is 2. The summed E-state index contributed by atoms with van der Waals surface area (Å²) in [5, 5.41) is 8.48. The third-order valence-corrected chi connectivity index (χ3v) is 2.95. The summed E-state index contributed by atoms with van der Waals surface area (Å²) in [7, 11) is 0. The fraction of sp³-hybridized carbons (Fsp3) is 0.538. The maximum atomic E-state index is 11.7. The van der Waals surface area contributed by atoms with Gasteiger partial charge in [0.15, 0.2) is 0 Å². The van der Waals surface area contributed by atoms with E-state index in [1.807, 2.05) is 6.92 Å².